The maximum Gasteiger partial charge on any atom is 0.165 e. The first-order valence-corrected chi connectivity index (χ1v) is 15.8. The van der Waals surface area contributed by atoms with Gasteiger partial charge in [0.1, 0.15) is 16.7 Å². The van der Waals surface area contributed by atoms with Crippen LogP contribution in [0.2, 0.25) is 19.6 Å². The maximum atomic E-state index is 6.59. The van der Waals surface area contributed by atoms with Crippen molar-refractivity contribution in [2.24, 2.45) is 0 Å². The molecular formula is C31H25N3OSi. The first kappa shape index (κ1) is 21.1. The second-order valence-corrected chi connectivity index (χ2v) is 15.5. The molecule has 0 aliphatic carbocycles. The minimum absolute atomic E-state index is 0.828. The summed E-state index contributed by atoms with van der Waals surface area (Å²) in [5.41, 5.74) is 6.43. The Morgan fingerprint density at radius 1 is 0.694 bits per heavy atom. The molecule has 0 amide bonds. The lowest BCUT2D eigenvalue weighted by atomic mass is 10.1. The van der Waals surface area contributed by atoms with E-state index in [0.29, 0.717) is 0 Å². The average molecular weight is 484 g/mol. The molecule has 0 spiro atoms. The van der Waals surface area contributed by atoms with Crippen LogP contribution in [0.4, 0.5) is 0 Å². The third kappa shape index (κ3) is 3.20. The zero-order chi connectivity index (χ0) is 24.4. The largest absolute Gasteiger partial charge is 0.455 e. The van der Waals surface area contributed by atoms with Crippen molar-refractivity contribution < 1.29 is 4.42 Å². The van der Waals surface area contributed by atoms with E-state index < -0.39 is 8.07 Å². The van der Waals surface area contributed by atoms with Gasteiger partial charge in [0.15, 0.2) is 11.5 Å². The lowest BCUT2D eigenvalue weighted by Crippen LogP contribution is -2.37. The predicted octanol–water partition coefficient (Wildman–Crippen LogP) is 7.69. The smallest absolute Gasteiger partial charge is 0.165 e. The fourth-order valence-electron chi connectivity index (χ4n) is 5.05. The molecule has 174 valence electrons. The molecule has 0 atom stereocenters. The quantitative estimate of drug-likeness (QED) is 0.242. The Bertz CT molecular complexity index is 1930. The Morgan fingerprint density at radius 2 is 1.50 bits per heavy atom. The molecular weight excluding hydrogens is 458 g/mol. The van der Waals surface area contributed by atoms with Crippen LogP contribution in [-0.4, -0.2) is 22.6 Å². The summed E-state index contributed by atoms with van der Waals surface area (Å²) in [6, 6.07) is 33.7. The molecule has 0 unspecified atom stereocenters. The minimum atomic E-state index is -1.46. The molecule has 0 bridgehead atoms. The number of aromatic nitrogens is 3. The predicted molar refractivity (Wildman–Crippen MR) is 152 cm³/mol. The Balaban J connectivity index is 1.56. The van der Waals surface area contributed by atoms with E-state index in [9.17, 15) is 0 Å². The normalized spacial score (nSPS) is 12.3. The number of nitrogens with zero attached hydrogens (tertiary/aromatic N) is 3. The third-order valence-electron chi connectivity index (χ3n) is 6.95. The van der Waals surface area contributed by atoms with Crippen molar-refractivity contribution in [3.8, 4) is 17.1 Å². The van der Waals surface area contributed by atoms with E-state index in [4.69, 9.17) is 14.4 Å². The highest BCUT2D eigenvalue weighted by atomic mass is 28.3. The Hall–Kier alpha value is -4.22. The SMILES string of the molecule is C[Si](C)(C)c1ccc2c(c1)oc1c(-c3nc4cc5ccccc5nc4n3-c3ccccc3)cccc12. The van der Waals surface area contributed by atoms with Gasteiger partial charge in [-0.3, -0.25) is 4.57 Å². The number of benzene rings is 4. The van der Waals surface area contributed by atoms with Crippen molar-refractivity contribution in [3.63, 3.8) is 0 Å². The number of hydrogen-bond donors (Lipinski definition) is 0. The second kappa shape index (κ2) is 7.64. The fraction of sp³-hybridized carbons (Fsp3) is 0.0968. The summed E-state index contributed by atoms with van der Waals surface area (Å²) >= 11 is 0. The van der Waals surface area contributed by atoms with Crippen LogP contribution in [-0.2, 0) is 0 Å². The van der Waals surface area contributed by atoms with Gasteiger partial charge in [-0.15, -0.1) is 0 Å². The van der Waals surface area contributed by atoms with Gasteiger partial charge in [-0.25, -0.2) is 9.97 Å². The molecule has 4 aromatic carbocycles. The summed E-state index contributed by atoms with van der Waals surface area (Å²) in [5, 5.41) is 4.72. The molecule has 5 heteroatoms. The number of hydrogen-bond acceptors (Lipinski definition) is 3. The molecule has 0 saturated heterocycles. The van der Waals surface area contributed by atoms with E-state index in [1.807, 2.05) is 36.4 Å². The van der Waals surface area contributed by atoms with Crippen LogP contribution in [0, 0.1) is 0 Å². The average Bonchev–Trinajstić information content (AvgIpc) is 3.45. The molecule has 0 N–H and O–H groups in total. The van der Waals surface area contributed by atoms with Gasteiger partial charge in [-0.05, 0) is 36.4 Å². The number of para-hydroxylation sites is 3. The van der Waals surface area contributed by atoms with E-state index in [1.165, 1.54) is 5.19 Å². The van der Waals surface area contributed by atoms with Crippen molar-refractivity contribution in [1.29, 1.82) is 0 Å². The molecule has 36 heavy (non-hydrogen) atoms. The summed E-state index contributed by atoms with van der Waals surface area (Å²) in [6.07, 6.45) is 0. The summed E-state index contributed by atoms with van der Waals surface area (Å²) in [4.78, 5) is 10.2. The zero-order valence-corrected chi connectivity index (χ0v) is 21.5. The molecule has 0 aliphatic heterocycles. The van der Waals surface area contributed by atoms with E-state index in [1.54, 1.807) is 0 Å². The summed E-state index contributed by atoms with van der Waals surface area (Å²) in [6.45, 7) is 7.09. The second-order valence-electron chi connectivity index (χ2n) is 10.4. The minimum Gasteiger partial charge on any atom is -0.455 e. The summed E-state index contributed by atoms with van der Waals surface area (Å²) in [7, 11) is -1.46. The van der Waals surface area contributed by atoms with Crippen molar-refractivity contribution >= 4 is 57.3 Å². The van der Waals surface area contributed by atoms with Gasteiger partial charge in [0.2, 0.25) is 0 Å². The van der Waals surface area contributed by atoms with Gasteiger partial charge >= 0.3 is 0 Å². The standard InChI is InChI=1S/C31H25N3OSi/c1-36(2,3)22-16-17-23-24-13-9-14-25(29(24)35-28(23)19-22)30-33-27-18-20-10-7-8-15-26(20)32-31(27)34(30)21-11-5-4-6-12-21/h4-19H,1-3H3. The first-order valence-electron chi connectivity index (χ1n) is 12.3. The third-order valence-corrected chi connectivity index (χ3v) is 9.00. The summed E-state index contributed by atoms with van der Waals surface area (Å²) in [5.74, 6) is 0.828. The molecule has 0 aliphatic rings. The van der Waals surface area contributed by atoms with Gasteiger partial charge in [-0.2, -0.15) is 0 Å². The van der Waals surface area contributed by atoms with Gasteiger partial charge in [-0.1, -0.05) is 85.5 Å². The first-order chi connectivity index (χ1) is 17.5. The Morgan fingerprint density at radius 3 is 2.33 bits per heavy atom. The molecule has 0 saturated carbocycles. The lowest BCUT2D eigenvalue weighted by molar-refractivity contribution is 0.669. The van der Waals surface area contributed by atoms with Gasteiger partial charge in [0, 0.05) is 21.8 Å². The molecule has 7 aromatic rings. The molecule has 4 nitrogen and oxygen atoms in total. The molecule has 3 heterocycles. The maximum absolute atomic E-state index is 6.59. The number of pyridine rings is 1. The summed E-state index contributed by atoms with van der Waals surface area (Å²) < 4.78 is 8.74. The van der Waals surface area contributed by atoms with Crippen LogP contribution in [0.3, 0.4) is 0 Å². The topological polar surface area (TPSA) is 43.9 Å². The highest BCUT2D eigenvalue weighted by Crippen LogP contribution is 2.37. The Kier molecular flexibility index (Phi) is 4.47. The number of imidazole rings is 1. The molecule has 0 fully saturated rings. The van der Waals surface area contributed by atoms with Crippen molar-refractivity contribution in [2.45, 2.75) is 19.6 Å². The molecule has 3 aromatic heterocycles. The van der Waals surface area contributed by atoms with Crippen LogP contribution in [0.25, 0.3) is 61.1 Å². The molecule has 7 rings (SSSR count). The Labute approximate surface area is 209 Å². The number of rotatable bonds is 3. The van der Waals surface area contributed by atoms with E-state index in [-0.39, 0.29) is 0 Å². The van der Waals surface area contributed by atoms with Gasteiger partial charge < -0.3 is 4.42 Å². The van der Waals surface area contributed by atoms with Crippen LogP contribution < -0.4 is 5.19 Å². The zero-order valence-electron chi connectivity index (χ0n) is 20.5. The van der Waals surface area contributed by atoms with Gasteiger partial charge in [0.05, 0.1) is 19.2 Å². The monoisotopic (exact) mass is 483 g/mol. The van der Waals surface area contributed by atoms with Crippen LogP contribution in [0.1, 0.15) is 0 Å². The fourth-order valence-corrected chi connectivity index (χ4v) is 6.20. The molecule has 0 radical (unpaired) electrons. The van der Waals surface area contributed by atoms with E-state index >= 15 is 0 Å². The highest BCUT2D eigenvalue weighted by Gasteiger charge is 2.22. The van der Waals surface area contributed by atoms with Crippen LogP contribution in [0.15, 0.2) is 101 Å². The number of furan rings is 1. The van der Waals surface area contributed by atoms with E-state index in [0.717, 1.165) is 61.1 Å². The van der Waals surface area contributed by atoms with E-state index in [2.05, 4.69) is 84.9 Å². The van der Waals surface area contributed by atoms with Crippen molar-refractivity contribution in [3.05, 3.63) is 97.1 Å². The van der Waals surface area contributed by atoms with Crippen molar-refractivity contribution in [1.82, 2.24) is 14.5 Å². The number of fused-ring (bicyclic) bond motifs is 5. The van der Waals surface area contributed by atoms with Crippen LogP contribution >= 0.6 is 0 Å². The van der Waals surface area contributed by atoms with Crippen molar-refractivity contribution in [2.75, 3.05) is 0 Å². The van der Waals surface area contributed by atoms with Gasteiger partial charge in [0.25, 0.3) is 0 Å². The lowest BCUT2D eigenvalue weighted by Gasteiger charge is -2.15. The highest BCUT2D eigenvalue weighted by molar-refractivity contribution is 6.88. The van der Waals surface area contributed by atoms with Crippen LogP contribution in [0.5, 0.6) is 0 Å².